The van der Waals surface area contributed by atoms with E-state index in [0.717, 1.165) is 0 Å². The second kappa shape index (κ2) is 5.65. The molecular formula is C10H11F5O4S. The maximum Gasteiger partial charge on any atom is 0.511 e. The van der Waals surface area contributed by atoms with E-state index in [1.165, 1.54) is 0 Å². The second-order valence-corrected chi connectivity index (χ2v) is 5.95. The summed E-state index contributed by atoms with van der Waals surface area (Å²) < 4.78 is 76.3. The Morgan fingerprint density at radius 1 is 1.35 bits per heavy atom. The number of carbonyl (C=O) groups is 1. The molecule has 0 radical (unpaired) electrons. The summed E-state index contributed by atoms with van der Waals surface area (Å²) in [6.45, 7) is -2.12. The van der Waals surface area contributed by atoms with Crippen molar-refractivity contribution in [2.24, 2.45) is 0 Å². The Balaban J connectivity index is 2.95. The molecule has 20 heavy (non-hydrogen) atoms. The predicted octanol–water partition coefficient (Wildman–Crippen LogP) is 2.29. The molecule has 0 aromatic carbocycles. The smallest absolute Gasteiger partial charge is 0.427 e. The van der Waals surface area contributed by atoms with Crippen molar-refractivity contribution >= 4 is 17.1 Å². The van der Waals surface area contributed by atoms with E-state index in [0.29, 0.717) is 0 Å². The van der Waals surface area contributed by atoms with Crippen molar-refractivity contribution in [3.8, 4) is 11.2 Å². The molecule has 1 rings (SSSR count). The van der Waals surface area contributed by atoms with Gasteiger partial charge in [0, 0.05) is 0 Å². The van der Waals surface area contributed by atoms with Crippen LogP contribution in [0.2, 0.25) is 0 Å². The highest BCUT2D eigenvalue weighted by molar-refractivity contribution is 8.20. The minimum atomic E-state index is -5.96. The molecule has 0 spiro atoms. The Hall–Kier alpha value is -1.21. The van der Waals surface area contributed by atoms with Crippen molar-refractivity contribution in [1.29, 1.82) is 0 Å². The third kappa shape index (κ3) is 3.27. The van der Waals surface area contributed by atoms with Crippen LogP contribution in [0.15, 0.2) is 0 Å². The summed E-state index contributed by atoms with van der Waals surface area (Å²) in [6.07, 6.45) is -4.12. The average molecular weight is 322 g/mol. The van der Waals surface area contributed by atoms with Crippen LogP contribution in [-0.4, -0.2) is 49.8 Å². The van der Waals surface area contributed by atoms with E-state index in [2.05, 4.69) is 25.4 Å². The lowest BCUT2D eigenvalue weighted by Crippen LogP contribution is -2.60. The maximum absolute atomic E-state index is 13.4. The molecule has 0 bridgehead atoms. The van der Waals surface area contributed by atoms with Crippen molar-refractivity contribution in [3.05, 3.63) is 0 Å². The van der Waals surface area contributed by atoms with Crippen LogP contribution >= 0.6 is 10.9 Å². The summed E-state index contributed by atoms with van der Waals surface area (Å²) in [6, 6.07) is 0. The lowest BCUT2D eigenvalue weighted by Gasteiger charge is -2.33. The van der Waals surface area contributed by atoms with Gasteiger partial charge < -0.3 is 14.2 Å². The van der Waals surface area contributed by atoms with Gasteiger partial charge in [-0.3, -0.25) is 0 Å². The highest BCUT2D eigenvalue weighted by Gasteiger charge is 2.76. The van der Waals surface area contributed by atoms with Crippen LogP contribution < -0.4 is 0 Å². The van der Waals surface area contributed by atoms with Gasteiger partial charge in [-0.1, -0.05) is 11.2 Å². The molecule has 1 heterocycles. The molecule has 1 aliphatic rings. The number of thiol groups is 1. The van der Waals surface area contributed by atoms with Gasteiger partial charge in [0.2, 0.25) is 0 Å². The zero-order valence-corrected chi connectivity index (χ0v) is 11.3. The normalized spacial score (nSPS) is 23.6. The average Bonchev–Trinajstić information content (AvgIpc) is 2.66. The molecule has 1 aliphatic heterocycles. The van der Waals surface area contributed by atoms with Gasteiger partial charge in [0.15, 0.2) is 6.61 Å². The number of alkyl halides is 5. The summed E-state index contributed by atoms with van der Waals surface area (Å²) in [5.74, 6) is -6.68. The first-order valence-corrected chi connectivity index (χ1v) is 7.35. The molecule has 10 heteroatoms. The first-order valence-electron chi connectivity index (χ1n) is 5.12. The van der Waals surface area contributed by atoms with Crippen molar-refractivity contribution < 1.29 is 41.0 Å². The van der Waals surface area contributed by atoms with Crippen LogP contribution in [-0.2, 0) is 14.2 Å². The van der Waals surface area contributed by atoms with Crippen LogP contribution in [0, 0.1) is 11.2 Å². The number of hydrogen-bond donors (Lipinski definition) is 1. The van der Waals surface area contributed by atoms with Crippen LogP contribution in [0.4, 0.5) is 26.7 Å². The van der Waals surface area contributed by atoms with Crippen LogP contribution in [0.3, 0.4) is 0 Å². The highest BCUT2D eigenvalue weighted by atomic mass is 32.2. The number of hydrogen-bond acceptors (Lipinski definition) is 4. The molecule has 0 amide bonds. The first-order chi connectivity index (χ1) is 9.02. The first kappa shape index (κ1) is 16.8. The molecule has 4 nitrogen and oxygen atoms in total. The van der Waals surface area contributed by atoms with Gasteiger partial charge in [-0.15, -0.1) is 0 Å². The van der Waals surface area contributed by atoms with Gasteiger partial charge in [0.05, 0.1) is 0 Å². The Kier molecular flexibility index (Phi) is 4.76. The van der Waals surface area contributed by atoms with E-state index in [1.807, 2.05) is 0 Å². The molecule has 1 unspecified atom stereocenters. The number of halogens is 5. The topological polar surface area (TPSA) is 44.8 Å². The summed E-state index contributed by atoms with van der Waals surface area (Å²) in [5.41, 5.74) is 0. The molecule has 116 valence electrons. The van der Waals surface area contributed by atoms with Crippen LogP contribution in [0.25, 0.3) is 0 Å². The molecule has 0 N–H and O–H groups in total. The van der Waals surface area contributed by atoms with E-state index in [4.69, 9.17) is 0 Å². The van der Waals surface area contributed by atoms with Crippen molar-refractivity contribution in [2.75, 3.05) is 25.7 Å². The van der Waals surface area contributed by atoms with E-state index < -0.39 is 48.2 Å². The Morgan fingerprint density at radius 2 is 1.95 bits per heavy atom. The van der Waals surface area contributed by atoms with Gasteiger partial charge in [0.25, 0.3) is 0 Å². The lowest BCUT2D eigenvalue weighted by molar-refractivity contribution is -0.391. The van der Waals surface area contributed by atoms with Gasteiger partial charge in [-0.25, -0.2) is 4.79 Å². The number of cyclic esters (lactones) is 2. The Labute approximate surface area is 113 Å². The quantitative estimate of drug-likeness (QED) is 0.375. The van der Waals surface area contributed by atoms with E-state index in [-0.39, 0.29) is 0 Å². The molecule has 0 aromatic heterocycles. The number of carbonyl (C=O) groups excluding carboxylic acids is 1. The molecule has 1 atom stereocenters. The molecule has 1 fully saturated rings. The SMILES string of the molecule is C[SH](C)C#CCOC1(C(F)(F)C(F)(F)F)COC(=O)O1. The lowest BCUT2D eigenvalue weighted by atomic mass is 10.1. The molecule has 1 saturated heterocycles. The van der Waals surface area contributed by atoms with Gasteiger partial charge >= 0.3 is 24.0 Å². The maximum atomic E-state index is 13.4. The van der Waals surface area contributed by atoms with E-state index in [1.54, 1.807) is 12.5 Å². The van der Waals surface area contributed by atoms with E-state index >= 15 is 0 Å². The minimum absolute atomic E-state index is 0.690. The summed E-state index contributed by atoms with van der Waals surface area (Å²) >= 11 is 0. The van der Waals surface area contributed by atoms with Gasteiger partial charge in [0.1, 0.15) is 6.61 Å². The fourth-order valence-corrected chi connectivity index (χ4v) is 1.60. The standard InChI is InChI=1S/C10H11F5O4S/c1-20(2)5-3-4-18-8(6-17-7(16)19-8)9(11,12)10(13,14)15/h20H,4,6H2,1-2H3. The zero-order chi connectivity index (χ0) is 15.6. The van der Waals surface area contributed by atoms with Gasteiger partial charge in [-0.2, -0.15) is 32.8 Å². The minimum Gasteiger partial charge on any atom is -0.427 e. The Bertz CT molecular complexity index is 439. The Morgan fingerprint density at radius 3 is 2.35 bits per heavy atom. The largest absolute Gasteiger partial charge is 0.511 e. The number of ether oxygens (including phenoxy) is 3. The summed E-state index contributed by atoms with van der Waals surface area (Å²) in [5, 5.41) is 2.57. The molecule has 0 aromatic rings. The summed E-state index contributed by atoms with van der Waals surface area (Å²) in [4.78, 5) is 10.7. The van der Waals surface area contributed by atoms with Crippen LogP contribution in [0.1, 0.15) is 0 Å². The third-order valence-electron chi connectivity index (χ3n) is 2.14. The van der Waals surface area contributed by atoms with Gasteiger partial charge in [-0.05, 0) is 12.5 Å². The predicted molar refractivity (Wildman–Crippen MR) is 60.7 cm³/mol. The zero-order valence-electron chi connectivity index (χ0n) is 10.4. The van der Waals surface area contributed by atoms with Crippen molar-refractivity contribution in [1.82, 2.24) is 0 Å². The molecule has 0 aliphatic carbocycles. The number of rotatable bonds is 3. The monoisotopic (exact) mass is 322 g/mol. The van der Waals surface area contributed by atoms with Crippen LogP contribution in [0.5, 0.6) is 0 Å². The molecular weight excluding hydrogens is 311 g/mol. The van der Waals surface area contributed by atoms with E-state index in [9.17, 15) is 26.7 Å². The molecule has 0 saturated carbocycles. The van der Waals surface area contributed by atoms with Crippen molar-refractivity contribution in [3.63, 3.8) is 0 Å². The third-order valence-corrected chi connectivity index (χ3v) is 2.75. The second-order valence-electron chi connectivity index (χ2n) is 3.94. The summed E-state index contributed by atoms with van der Waals surface area (Å²) in [7, 11) is -0.690. The highest BCUT2D eigenvalue weighted by Crippen LogP contribution is 2.47. The fraction of sp³-hybridized carbons (Fsp3) is 0.700. The fourth-order valence-electron chi connectivity index (χ4n) is 1.22. The van der Waals surface area contributed by atoms with Crippen molar-refractivity contribution in [2.45, 2.75) is 17.9 Å².